The van der Waals surface area contributed by atoms with Crippen LogP contribution in [0.25, 0.3) is 0 Å². The summed E-state index contributed by atoms with van der Waals surface area (Å²) in [6.45, 7) is -11.2. The highest BCUT2D eigenvalue weighted by Gasteiger charge is 1.85. The Bertz CT molecular complexity index is 337. The van der Waals surface area contributed by atoms with Gasteiger partial charge in [0.05, 0.1) is 0 Å². The van der Waals surface area contributed by atoms with E-state index in [1.165, 1.54) is 0 Å². The van der Waals surface area contributed by atoms with Gasteiger partial charge in [0.15, 0.2) is 0 Å². The lowest BCUT2D eigenvalue weighted by atomic mass is 10.1. The molecule has 0 aliphatic carbocycles. The summed E-state index contributed by atoms with van der Waals surface area (Å²) in [7, 11) is 0. The summed E-state index contributed by atoms with van der Waals surface area (Å²) in [5.41, 5.74) is 0. The van der Waals surface area contributed by atoms with Crippen molar-refractivity contribution < 1.29 is 19.2 Å². The fourth-order valence-electron chi connectivity index (χ4n) is 0.0625. The van der Waals surface area contributed by atoms with Crippen LogP contribution in [-0.4, -0.2) is 0 Å². The zero-order valence-electron chi connectivity index (χ0n) is 17.0. The van der Waals surface area contributed by atoms with E-state index in [-0.39, 0.29) is 0 Å². The molecular weight excluding hydrogens is 72.1 g/mol. The molecule has 0 aromatic rings. The molecule has 0 radical (unpaired) electrons. The minimum absolute atomic E-state index is 3.64. The summed E-state index contributed by atoms with van der Waals surface area (Å²) in [4.78, 5) is 0. The molecule has 0 bridgehead atoms. The molecule has 0 saturated carbocycles. The van der Waals surface area contributed by atoms with Crippen molar-refractivity contribution in [2.45, 2.75) is 33.3 Å². The molecular formula is C6H14. The van der Waals surface area contributed by atoms with Crippen LogP contribution in [0.4, 0.5) is 0 Å². The van der Waals surface area contributed by atoms with E-state index in [2.05, 4.69) is 0 Å². The molecule has 0 aliphatic rings. The van der Waals surface area contributed by atoms with Crippen molar-refractivity contribution in [3.63, 3.8) is 0 Å². The maximum Gasteiger partial charge on any atom is 0.0297 e. The van der Waals surface area contributed by atoms with Gasteiger partial charge in [0.1, 0.15) is 0 Å². The van der Waals surface area contributed by atoms with Gasteiger partial charge in [0.2, 0.25) is 0 Å². The van der Waals surface area contributed by atoms with E-state index in [9.17, 15) is 0 Å². The second-order valence-corrected chi connectivity index (χ2v) is 0.625. The van der Waals surface area contributed by atoms with Crippen molar-refractivity contribution in [1.29, 1.82) is 0 Å². The van der Waals surface area contributed by atoms with Gasteiger partial charge in [0, 0.05) is 19.2 Å². The highest BCUT2D eigenvalue weighted by atomic mass is 13.9. The molecule has 0 amide bonds. The molecule has 0 saturated heterocycles. The second-order valence-electron chi connectivity index (χ2n) is 0.625. The Hall–Kier alpha value is 0. The first-order chi connectivity index (χ1) is 8.25. The first kappa shape index (κ1) is 0.416. The van der Waals surface area contributed by atoms with E-state index in [1.54, 1.807) is 0 Å². The van der Waals surface area contributed by atoms with Crippen molar-refractivity contribution in [1.82, 2.24) is 0 Å². The van der Waals surface area contributed by atoms with Gasteiger partial charge < -0.3 is 0 Å². The molecule has 0 N–H and O–H groups in total. The Morgan fingerprint density at radius 2 is 2.83 bits per heavy atom. The third-order valence-corrected chi connectivity index (χ3v) is 0.188. The highest BCUT2D eigenvalue weighted by molar-refractivity contribution is 4.38. The lowest BCUT2D eigenvalue weighted by molar-refractivity contribution is 0.576. The van der Waals surface area contributed by atoms with Crippen LogP contribution in [0.15, 0.2) is 0 Å². The van der Waals surface area contributed by atoms with Gasteiger partial charge >= 0.3 is 0 Å². The van der Waals surface area contributed by atoms with Crippen LogP contribution in [0.2, 0.25) is 0 Å². The van der Waals surface area contributed by atoms with Gasteiger partial charge in [-0.05, 0) is 5.89 Å². The van der Waals surface area contributed by atoms with Crippen LogP contribution in [0.3, 0.4) is 0 Å². The highest BCUT2D eigenvalue weighted by Crippen LogP contribution is 2.00. The van der Waals surface area contributed by atoms with Crippen molar-refractivity contribution in [3.05, 3.63) is 0 Å². The quantitative estimate of drug-likeness (QED) is 0.500. The molecule has 0 unspecified atom stereocenters. The topological polar surface area (TPSA) is 0 Å². The van der Waals surface area contributed by atoms with Gasteiger partial charge in [-0.3, -0.25) is 0 Å². The molecule has 0 rings (SSSR count). The molecule has 0 fully saturated rings. The van der Waals surface area contributed by atoms with Gasteiger partial charge in [-0.15, -0.1) is 0 Å². The third kappa shape index (κ3) is 4.00. The van der Waals surface area contributed by atoms with Crippen LogP contribution < -0.4 is 0 Å². The maximum absolute atomic E-state index is 7.57. The molecule has 0 aromatic heterocycles. The summed E-state index contributed by atoms with van der Waals surface area (Å²) < 4.78 is 100. The van der Waals surface area contributed by atoms with Gasteiger partial charge in [-0.1, -0.05) is 33.3 Å². The first-order valence-electron chi connectivity index (χ1n) is 8.25. The molecule has 0 atom stereocenters. The van der Waals surface area contributed by atoms with Crippen LogP contribution in [0, 0.1) is 5.89 Å². The standard InChI is InChI=1S/C6H14/c1-4-5-6(2)3/h6H,4-5H2,1-3H3/i1D3,2D3,3D3,4D2,5D2,6D. The maximum atomic E-state index is 7.57. The predicted molar refractivity (Wildman–Crippen MR) is 29.7 cm³/mol. The van der Waals surface area contributed by atoms with Gasteiger partial charge in [-0.2, -0.15) is 0 Å². The normalized spacial score (nSPS) is 57.3. The Labute approximate surface area is 60.2 Å². The molecule has 0 aliphatic heterocycles. The number of hydrogen-bond donors (Lipinski definition) is 0. The van der Waals surface area contributed by atoms with E-state index >= 15 is 0 Å². The molecule has 6 heavy (non-hydrogen) atoms. The fraction of sp³-hybridized carbons (Fsp3) is 1.00. The second kappa shape index (κ2) is 3.20. The Morgan fingerprint density at radius 3 is 3.33 bits per heavy atom. The SMILES string of the molecule is [2H]C([2H])([2H])C([2H])([2H])C([2H])([2H])C([2H])(C([2H])([2H])[2H])C([2H])([2H])[2H]. The smallest absolute Gasteiger partial charge is 0.0297 e. The minimum atomic E-state index is -3.98. The van der Waals surface area contributed by atoms with Gasteiger partial charge in [0.25, 0.3) is 0 Å². The third-order valence-electron chi connectivity index (χ3n) is 0.188. The monoisotopic (exact) mass is 100 g/mol. The molecule has 0 spiro atoms. The summed E-state index contributed by atoms with van der Waals surface area (Å²) in [6, 6.07) is 0. The lowest BCUT2D eigenvalue weighted by Crippen LogP contribution is -1.81. The Morgan fingerprint density at radius 1 is 2.00 bits per heavy atom. The van der Waals surface area contributed by atoms with E-state index in [4.69, 9.17) is 19.2 Å². The summed E-state index contributed by atoms with van der Waals surface area (Å²) in [6.07, 6.45) is -7.83. The summed E-state index contributed by atoms with van der Waals surface area (Å²) in [5, 5.41) is 0. The van der Waals surface area contributed by atoms with Crippen LogP contribution in [0.1, 0.15) is 52.5 Å². The van der Waals surface area contributed by atoms with Gasteiger partial charge in [-0.25, -0.2) is 0 Å². The van der Waals surface area contributed by atoms with Crippen molar-refractivity contribution >= 4 is 0 Å². The molecule has 0 aromatic carbocycles. The summed E-state index contributed by atoms with van der Waals surface area (Å²) in [5.74, 6) is -3.94. The van der Waals surface area contributed by atoms with E-state index < -0.39 is 39.2 Å². The van der Waals surface area contributed by atoms with Crippen molar-refractivity contribution in [2.24, 2.45) is 5.89 Å². The molecule has 0 heterocycles. The molecule has 38 valence electrons. The van der Waals surface area contributed by atoms with Crippen LogP contribution >= 0.6 is 0 Å². The largest absolute Gasteiger partial charge is 0.0654 e. The van der Waals surface area contributed by atoms with E-state index in [0.29, 0.717) is 0 Å². The number of rotatable bonds is 2. The van der Waals surface area contributed by atoms with E-state index in [1.807, 2.05) is 0 Å². The number of hydrogen-bond acceptors (Lipinski definition) is 0. The van der Waals surface area contributed by atoms with Crippen molar-refractivity contribution in [3.8, 4) is 0 Å². The molecule has 0 nitrogen and oxygen atoms in total. The zero-order chi connectivity index (χ0) is 17.0. The zero-order valence-corrected chi connectivity index (χ0v) is 3.00. The molecule has 0 heteroatoms. The lowest BCUT2D eigenvalue weighted by Gasteiger charge is -1.95. The average Bonchev–Trinajstić information content (AvgIpc) is 2.10. The van der Waals surface area contributed by atoms with E-state index in [0.717, 1.165) is 0 Å². The Kier molecular flexibility index (Phi) is 0.222. The Balaban J connectivity index is 6.38. The van der Waals surface area contributed by atoms with Crippen LogP contribution in [0.5, 0.6) is 0 Å². The first-order valence-corrected chi connectivity index (χ1v) is 1.25. The minimum Gasteiger partial charge on any atom is -0.0654 e. The summed E-state index contributed by atoms with van der Waals surface area (Å²) >= 11 is 0. The fourth-order valence-corrected chi connectivity index (χ4v) is 0.0625. The van der Waals surface area contributed by atoms with Crippen molar-refractivity contribution in [2.75, 3.05) is 0 Å². The predicted octanol–water partition coefficient (Wildman–Crippen LogP) is 2.44. The average molecular weight is 100 g/mol. The van der Waals surface area contributed by atoms with Crippen LogP contribution in [-0.2, 0) is 0 Å².